The highest BCUT2D eigenvalue weighted by atomic mass is 35.5. The average molecular weight is 343 g/mol. The monoisotopic (exact) mass is 342 g/mol. The van der Waals surface area contributed by atoms with Gasteiger partial charge < -0.3 is 9.47 Å². The first kappa shape index (κ1) is 16.6. The molecule has 1 heterocycles. The molecule has 0 N–H and O–H groups in total. The molecular formula is C20H19ClO3. The Kier molecular flexibility index (Phi) is 4.37. The van der Waals surface area contributed by atoms with Crippen LogP contribution in [0.15, 0.2) is 42.5 Å². The number of rotatable bonds is 4. The number of ketones is 1. The number of methoxy groups -OCH3 is 1. The zero-order valence-electron chi connectivity index (χ0n) is 13.9. The van der Waals surface area contributed by atoms with Gasteiger partial charge in [-0.05, 0) is 55.8 Å². The van der Waals surface area contributed by atoms with Crippen LogP contribution in [0.4, 0.5) is 0 Å². The molecule has 0 aromatic heterocycles. The molecule has 0 unspecified atom stereocenters. The van der Waals surface area contributed by atoms with Gasteiger partial charge in [0.1, 0.15) is 17.1 Å². The van der Waals surface area contributed by atoms with Gasteiger partial charge in [-0.2, -0.15) is 0 Å². The number of benzene rings is 2. The fourth-order valence-corrected chi connectivity index (χ4v) is 2.88. The lowest BCUT2D eigenvalue weighted by molar-refractivity contribution is 0.0989. The first-order chi connectivity index (χ1) is 11.4. The second-order valence-electron chi connectivity index (χ2n) is 6.32. The summed E-state index contributed by atoms with van der Waals surface area (Å²) in [5.41, 5.74) is 1.90. The van der Waals surface area contributed by atoms with Gasteiger partial charge in [-0.1, -0.05) is 23.7 Å². The zero-order chi connectivity index (χ0) is 17.3. The van der Waals surface area contributed by atoms with Crippen LogP contribution >= 0.6 is 11.6 Å². The fraction of sp³-hybridized carbons (Fsp3) is 0.250. The normalized spacial score (nSPS) is 14.7. The Morgan fingerprint density at radius 1 is 1.17 bits per heavy atom. The topological polar surface area (TPSA) is 35.5 Å². The number of carbonyl (C=O) groups excluding carboxylic acids is 1. The van der Waals surface area contributed by atoms with E-state index in [1.165, 1.54) is 0 Å². The summed E-state index contributed by atoms with van der Waals surface area (Å²) in [6.45, 7) is 3.97. The van der Waals surface area contributed by atoms with E-state index in [4.69, 9.17) is 21.1 Å². The van der Waals surface area contributed by atoms with E-state index >= 15 is 0 Å². The minimum atomic E-state index is -0.368. The molecule has 0 fully saturated rings. The quantitative estimate of drug-likeness (QED) is 0.737. The van der Waals surface area contributed by atoms with Gasteiger partial charge in [0.2, 0.25) is 0 Å². The highest BCUT2D eigenvalue weighted by Crippen LogP contribution is 2.39. The molecule has 124 valence electrons. The lowest BCUT2D eigenvalue weighted by Crippen LogP contribution is -2.27. The summed E-state index contributed by atoms with van der Waals surface area (Å²) in [5.74, 6) is 1.27. The minimum Gasteiger partial charge on any atom is -0.495 e. The van der Waals surface area contributed by atoms with Gasteiger partial charge in [0.25, 0.3) is 0 Å². The maximum Gasteiger partial charge on any atom is 0.170 e. The number of fused-ring (bicyclic) bond motifs is 1. The number of carbonyl (C=O) groups is 1. The van der Waals surface area contributed by atoms with Crippen LogP contribution in [0.3, 0.4) is 0 Å². The van der Waals surface area contributed by atoms with Crippen LogP contribution in [0.1, 0.15) is 35.3 Å². The summed E-state index contributed by atoms with van der Waals surface area (Å²) in [6, 6.07) is 10.9. The van der Waals surface area contributed by atoms with Crippen molar-refractivity contribution in [2.24, 2.45) is 0 Å². The zero-order valence-corrected chi connectivity index (χ0v) is 14.7. The highest BCUT2D eigenvalue weighted by Gasteiger charge is 2.26. The molecule has 3 rings (SSSR count). The van der Waals surface area contributed by atoms with Crippen LogP contribution in [0.5, 0.6) is 11.5 Å². The van der Waals surface area contributed by atoms with Crippen LogP contribution in [0, 0.1) is 0 Å². The third-order valence-corrected chi connectivity index (χ3v) is 4.21. The Labute approximate surface area is 146 Å². The summed E-state index contributed by atoms with van der Waals surface area (Å²) < 4.78 is 11.5. The van der Waals surface area contributed by atoms with Gasteiger partial charge in [0.05, 0.1) is 18.2 Å². The first-order valence-corrected chi connectivity index (χ1v) is 8.14. The predicted molar refractivity (Wildman–Crippen MR) is 96.2 cm³/mol. The molecule has 0 spiro atoms. The summed E-state index contributed by atoms with van der Waals surface area (Å²) >= 11 is 5.89. The van der Waals surface area contributed by atoms with E-state index in [-0.39, 0.29) is 11.4 Å². The van der Waals surface area contributed by atoms with E-state index < -0.39 is 0 Å². The van der Waals surface area contributed by atoms with Gasteiger partial charge in [0.15, 0.2) is 5.78 Å². The molecular weight excluding hydrogens is 324 g/mol. The van der Waals surface area contributed by atoms with E-state index in [1.54, 1.807) is 25.3 Å². The van der Waals surface area contributed by atoms with Crippen molar-refractivity contribution in [1.29, 1.82) is 0 Å². The number of ether oxygens (including phenoxy) is 2. The van der Waals surface area contributed by atoms with Gasteiger partial charge in [-0.15, -0.1) is 0 Å². The molecule has 0 aliphatic carbocycles. The lowest BCUT2D eigenvalue weighted by Gasteiger charge is -2.29. The number of halogens is 1. The second kappa shape index (κ2) is 6.33. The van der Waals surface area contributed by atoms with Crippen LogP contribution in [-0.4, -0.2) is 18.5 Å². The fourth-order valence-electron chi connectivity index (χ4n) is 2.75. The van der Waals surface area contributed by atoms with Gasteiger partial charge in [0, 0.05) is 11.4 Å². The van der Waals surface area contributed by atoms with Crippen LogP contribution in [0.25, 0.3) is 6.08 Å². The Morgan fingerprint density at radius 3 is 2.54 bits per heavy atom. The van der Waals surface area contributed by atoms with Crippen molar-refractivity contribution in [1.82, 2.24) is 0 Å². The molecule has 0 saturated heterocycles. The van der Waals surface area contributed by atoms with Gasteiger partial charge in [-0.25, -0.2) is 0 Å². The molecule has 1 aliphatic rings. The molecule has 0 radical (unpaired) electrons. The van der Waals surface area contributed by atoms with Crippen LogP contribution in [-0.2, 0) is 6.42 Å². The highest BCUT2D eigenvalue weighted by molar-refractivity contribution is 6.30. The molecule has 0 amide bonds. The summed E-state index contributed by atoms with van der Waals surface area (Å²) in [7, 11) is 1.57. The Bertz CT molecular complexity index is 804. The first-order valence-electron chi connectivity index (χ1n) is 7.76. The maximum atomic E-state index is 12.7. The van der Waals surface area contributed by atoms with Crippen molar-refractivity contribution >= 4 is 23.5 Å². The third kappa shape index (κ3) is 3.31. The van der Waals surface area contributed by atoms with Crippen molar-refractivity contribution in [2.45, 2.75) is 25.9 Å². The predicted octanol–water partition coefficient (Wildman–Crippen LogP) is 4.96. The van der Waals surface area contributed by atoms with Crippen molar-refractivity contribution in [3.63, 3.8) is 0 Å². The van der Waals surface area contributed by atoms with E-state index in [0.29, 0.717) is 22.8 Å². The van der Waals surface area contributed by atoms with E-state index in [0.717, 1.165) is 16.9 Å². The van der Waals surface area contributed by atoms with Crippen molar-refractivity contribution < 1.29 is 14.3 Å². The van der Waals surface area contributed by atoms with Crippen LogP contribution < -0.4 is 9.47 Å². The Balaban J connectivity index is 1.94. The smallest absolute Gasteiger partial charge is 0.170 e. The molecule has 0 bridgehead atoms. The SMILES string of the molecule is COc1c(C(=O)Cc2ccc(Cl)cc2)ccc2c1C=CC(C)(C)O2. The van der Waals surface area contributed by atoms with E-state index in [2.05, 4.69) is 0 Å². The van der Waals surface area contributed by atoms with E-state index in [9.17, 15) is 4.79 Å². The molecule has 24 heavy (non-hydrogen) atoms. The van der Waals surface area contributed by atoms with Gasteiger partial charge >= 0.3 is 0 Å². The molecule has 0 atom stereocenters. The molecule has 4 heteroatoms. The molecule has 2 aromatic carbocycles. The minimum absolute atomic E-state index is 0.00444. The van der Waals surface area contributed by atoms with Crippen molar-refractivity contribution in [3.8, 4) is 11.5 Å². The summed E-state index contributed by atoms with van der Waals surface area (Å²) in [4.78, 5) is 12.7. The summed E-state index contributed by atoms with van der Waals surface area (Å²) in [5, 5.41) is 0.655. The number of hydrogen-bond acceptors (Lipinski definition) is 3. The summed E-state index contributed by atoms with van der Waals surface area (Å²) in [6.07, 6.45) is 4.21. The third-order valence-electron chi connectivity index (χ3n) is 3.96. The standard InChI is InChI=1S/C20H19ClO3/c1-20(2)11-10-16-18(24-20)9-8-15(19(16)23-3)17(22)12-13-4-6-14(21)7-5-13/h4-11H,12H2,1-3H3. The largest absolute Gasteiger partial charge is 0.495 e. The molecule has 0 saturated carbocycles. The maximum absolute atomic E-state index is 12.7. The van der Waals surface area contributed by atoms with Crippen molar-refractivity contribution in [2.75, 3.05) is 7.11 Å². The van der Waals surface area contributed by atoms with E-state index in [1.807, 2.05) is 44.2 Å². The van der Waals surface area contributed by atoms with Gasteiger partial charge in [-0.3, -0.25) is 4.79 Å². The Morgan fingerprint density at radius 2 is 1.88 bits per heavy atom. The Hall–Kier alpha value is -2.26. The molecule has 2 aromatic rings. The van der Waals surface area contributed by atoms with Crippen molar-refractivity contribution in [3.05, 3.63) is 64.2 Å². The lowest BCUT2D eigenvalue weighted by atomic mass is 9.96. The number of Topliss-reactive ketones (excluding diaryl/α,β-unsaturated/α-hetero) is 1. The average Bonchev–Trinajstić information content (AvgIpc) is 2.54. The number of hydrogen-bond donors (Lipinski definition) is 0. The second-order valence-corrected chi connectivity index (χ2v) is 6.76. The van der Waals surface area contributed by atoms with Crippen LogP contribution in [0.2, 0.25) is 5.02 Å². The molecule has 1 aliphatic heterocycles. The molecule has 3 nitrogen and oxygen atoms in total.